The van der Waals surface area contributed by atoms with Crippen molar-refractivity contribution in [3.05, 3.63) is 11.6 Å². The lowest BCUT2D eigenvalue weighted by molar-refractivity contribution is -0.104. The van der Waals surface area contributed by atoms with Crippen LogP contribution in [0.5, 0.6) is 0 Å². The van der Waals surface area contributed by atoms with E-state index in [4.69, 9.17) is 0 Å². The minimum Gasteiger partial charge on any atom is -0.392 e. The van der Waals surface area contributed by atoms with Crippen molar-refractivity contribution in [2.24, 2.45) is 23.7 Å². The lowest BCUT2D eigenvalue weighted by Crippen LogP contribution is -2.49. The fourth-order valence-electron chi connectivity index (χ4n) is 4.03. The van der Waals surface area contributed by atoms with Crippen LogP contribution < -0.4 is 0 Å². The highest BCUT2D eigenvalue weighted by Crippen LogP contribution is 2.56. The van der Waals surface area contributed by atoms with E-state index in [9.17, 15) is 9.90 Å². The third kappa shape index (κ3) is 1.04. The van der Waals surface area contributed by atoms with E-state index in [1.807, 2.05) is 0 Å². The number of hydrogen-bond acceptors (Lipinski definition) is 2. The highest BCUT2D eigenvalue weighted by atomic mass is 16.3. The molecule has 2 nitrogen and oxygen atoms in total. The third-order valence-corrected chi connectivity index (χ3v) is 4.48. The van der Waals surface area contributed by atoms with E-state index in [1.54, 1.807) is 6.08 Å². The Labute approximate surface area is 84.0 Å². The lowest BCUT2D eigenvalue weighted by Gasteiger charge is -2.54. The second-order valence-electron chi connectivity index (χ2n) is 5.17. The Kier molecular flexibility index (Phi) is 1.81. The fraction of sp³-hybridized carbons (Fsp3) is 0.750. The maximum atomic E-state index is 10.5. The van der Waals surface area contributed by atoms with E-state index in [1.165, 1.54) is 18.4 Å². The standard InChI is InChI=1S/C12H16O2/c13-2-1-10-8-3-7-4-9(6-8)12(14)11(10)5-7/h1-2,7-9,11-12,14H,3-6H2/b10-1+. The molecule has 4 aliphatic rings. The van der Waals surface area contributed by atoms with Crippen molar-refractivity contribution < 1.29 is 9.90 Å². The highest BCUT2D eigenvalue weighted by Gasteiger charge is 2.50. The Bertz CT molecular complexity index is 295. The molecule has 2 heteroatoms. The molecule has 1 N–H and O–H groups in total. The van der Waals surface area contributed by atoms with Crippen molar-refractivity contribution in [3.63, 3.8) is 0 Å². The van der Waals surface area contributed by atoms with Gasteiger partial charge in [0.1, 0.15) is 6.29 Å². The predicted molar refractivity (Wildman–Crippen MR) is 52.6 cm³/mol. The number of aliphatic hydroxyl groups excluding tert-OH is 1. The largest absolute Gasteiger partial charge is 0.392 e. The van der Waals surface area contributed by atoms with Gasteiger partial charge in [-0.1, -0.05) is 5.57 Å². The Morgan fingerprint density at radius 3 is 2.86 bits per heavy atom. The van der Waals surface area contributed by atoms with Crippen LogP contribution in [0.3, 0.4) is 0 Å². The van der Waals surface area contributed by atoms with Gasteiger partial charge >= 0.3 is 0 Å². The number of hydrogen-bond donors (Lipinski definition) is 1. The molecule has 0 amide bonds. The second-order valence-corrected chi connectivity index (χ2v) is 5.17. The van der Waals surface area contributed by atoms with E-state index in [0.29, 0.717) is 17.8 Å². The minimum atomic E-state index is -0.158. The van der Waals surface area contributed by atoms with E-state index in [-0.39, 0.29) is 6.10 Å². The van der Waals surface area contributed by atoms with Crippen molar-refractivity contribution in [1.82, 2.24) is 0 Å². The van der Waals surface area contributed by atoms with Crippen molar-refractivity contribution in [2.45, 2.75) is 31.8 Å². The van der Waals surface area contributed by atoms with Gasteiger partial charge in [0.15, 0.2) is 0 Å². The molecular formula is C12H16O2. The molecule has 4 fully saturated rings. The van der Waals surface area contributed by atoms with Gasteiger partial charge in [0, 0.05) is 5.92 Å². The molecule has 5 unspecified atom stereocenters. The van der Waals surface area contributed by atoms with E-state index < -0.39 is 0 Å². The summed E-state index contributed by atoms with van der Waals surface area (Å²) in [7, 11) is 0. The molecule has 0 aromatic carbocycles. The van der Waals surface area contributed by atoms with Crippen molar-refractivity contribution >= 4 is 6.29 Å². The first-order valence-electron chi connectivity index (χ1n) is 5.63. The molecule has 76 valence electrons. The van der Waals surface area contributed by atoms with Gasteiger partial charge in [0.25, 0.3) is 0 Å². The van der Waals surface area contributed by atoms with Crippen LogP contribution in [0.4, 0.5) is 0 Å². The summed E-state index contributed by atoms with van der Waals surface area (Å²) in [6.07, 6.45) is 7.18. The molecular weight excluding hydrogens is 176 g/mol. The van der Waals surface area contributed by atoms with Crippen LogP contribution in [-0.4, -0.2) is 17.5 Å². The smallest absolute Gasteiger partial charge is 0.142 e. The Hall–Kier alpha value is -0.630. The van der Waals surface area contributed by atoms with Gasteiger partial charge in [-0.15, -0.1) is 0 Å². The summed E-state index contributed by atoms with van der Waals surface area (Å²) in [6.45, 7) is 0. The second kappa shape index (κ2) is 2.93. The molecule has 5 atom stereocenters. The predicted octanol–water partition coefficient (Wildman–Crippen LogP) is 1.54. The summed E-state index contributed by atoms with van der Waals surface area (Å²) in [5.41, 5.74) is 1.25. The average Bonchev–Trinajstić information content (AvgIpc) is 2.18. The zero-order valence-corrected chi connectivity index (χ0v) is 8.23. The molecule has 14 heavy (non-hydrogen) atoms. The molecule has 0 saturated heterocycles. The summed E-state index contributed by atoms with van der Waals surface area (Å²) in [5, 5.41) is 10.1. The van der Waals surface area contributed by atoms with Gasteiger partial charge < -0.3 is 5.11 Å². The van der Waals surface area contributed by atoms with Crippen LogP contribution in [0, 0.1) is 23.7 Å². The molecule has 0 heterocycles. The monoisotopic (exact) mass is 192 g/mol. The molecule has 0 aliphatic heterocycles. The first-order valence-corrected chi connectivity index (χ1v) is 5.63. The fourth-order valence-corrected chi connectivity index (χ4v) is 4.03. The van der Waals surface area contributed by atoms with Crippen molar-refractivity contribution in [3.8, 4) is 0 Å². The zero-order valence-electron chi connectivity index (χ0n) is 8.23. The van der Waals surface area contributed by atoms with Crippen LogP contribution >= 0.6 is 0 Å². The summed E-state index contributed by atoms with van der Waals surface area (Å²) in [5.74, 6) is 2.29. The third-order valence-electron chi connectivity index (χ3n) is 4.48. The highest BCUT2D eigenvalue weighted by molar-refractivity contribution is 5.66. The summed E-state index contributed by atoms with van der Waals surface area (Å²) in [4.78, 5) is 10.5. The number of carbonyl (C=O) groups excluding carboxylic acids is 1. The SMILES string of the molecule is O=C/C=C1\C2CC3CC(C2)C(O)C1C3. The van der Waals surface area contributed by atoms with E-state index >= 15 is 0 Å². The molecule has 4 saturated carbocycles. The number of allylic oxidation sites excluding steroid dienone is 1. The summed E-state index contributed by atoms with van der Waals surface area (Å²) in [6, 6.07) is 0. The van der Waals surface area contributed by atoms with Gasteiger partial charge in [0.05, 0.1) is 6.10 Å². The zero-order chi connectivity index (χ0) is 9.71. The van der Waals surface area contributed by atoms with Gasteiger partial charge in [-0.25, -0.2) is 0 Å². The first-order chi connectivity index (χ1) is 6.79. The van der Waals surface area contributed by atoms with Crippen molar-refractivity contribution in [2.75, 3.05) is 0 Å². The first kappa shape index (κ1) is 8.66. The van der Waals surface area contributed by atoms with Gasteiger partial charge in [-0.3, -0.25) is 4.79 Å². The minimum absolute atomic E-state index is 0.158. The maximum absolute atomic E-state index is 10.5. The van der Waals surface area contributed by atoms with E-state index in [2.05, 4.69) is 0 Å². The lowest BCUT2D eigenvalue weighted by atomic mass is 9.53. The Morgan fingerprint density at radius 1 is 1.21 bits per heavy atom. The van der Waals surface area contributed by atoms with Crippen LogP contribution in [0.25, 0.3) is 0 Å². The summed E-state index contributed by atoms with van der Waals surface area (Å²) < 4.78 is 0. The van der Waals surface area contributed by atoms with Crippen LogP contribution in [0.15, 0.2) is 11.6 Å². The van der Waals surface area contributed by atoms with Crippen LogP contribution in [0.1, 0.15) is 25.7 Å². The van der Waals surface area contributed by atoms with Crippen molar-refractivity contribution in [1.29, 1.82) is 0 Å². The van der Waals surface area contributed by atoms with Gasteiger partial charge in [-0.05, 0) is 49.5 Å². The Morgan fingerprint density at radius 2 is 2.07 bits per heavy atom. The average molecular weight is 192 g/mol. The summed E-state index contributed by atoms with van der Waals surface area (Å²) >= 11 is 0. The molecule has 0 spiro atoms. The van der Waals surface area contributed by atoms with Crippen LogP contribution in [0.2, 0.25) is 0 Å². The molecule has 0 aromatic rings. The molecule has 4 aliphatic carbocycles. The molecule has 0 radical (unpaired) electrons. The molecule has 4 rings (SSSR count). The number of carbonyl (C=O) groups is 1. The Balaban J connectivity index is 1.97. The molecule has 0 aromatic heterocycles. The normalized spacial score (nSPS) is 52.6. The topological polar surface area (TPSA) is 37.3 Å². The number of aldehydes is 1. The van der Waals surface area contributed by atoms with Gasteiger partial charge in [0.2, 0.25) is 0 Å². The number of aliphatic hydroxyl groups is 1. The number of rotatable bonds is 1. The maximum Gasteiger partial charge on any atom is 0.142 e. The quantitative estimate of drug-likeness (QED) is 0.505. The van der Waals surface area contributed by atoms with Crippen LogP contribution in [-0.2, 0) is 4.79 Å². The van der Waals surface area contributed by atoms with E-state index in [0.717, 1.165) is 25.0 Å². The van der Waals surface area contributed by atoms with Gasteiger partial charge in [-0.2, -0.15) is 0 Å². The molecule has 4 bridgehead atoms.